The number of anilines is 2. The molecule has 0 radical (unpaired) electrons. The summed E-state index contributed by atoms with van der Waals surface area (Å²) in [6.07, 6.45) is -9.66. The largest absolute Gasteiger partial charge is 0.491 e. The van der Waals surface area contributed by atoms with Crippen LogP contribution in [-0.2, 0) is 27.7 Å². The van der Waals surface area contributed by atoms with Gasteiger partial charge < -0.3 is 41.4 Å². The predicted octanol–water partition coefficient (Wildman–Crippen LogP) is -4.07. The quantitative estimate of drug-likeness (QED) is 0.113. The number of hydrogen-bond acceptors (Lipinski definition) is 17. The van der Waals surface area contributed by atoms with Gasteiger partial charge in [0.2, 0.25) is 0 Å². The molecule has 0 aliphatic carbocycles. The molecule has 4 rings (SSSR count). The molecule has 0 saturated carbocycles. The first-order chi connectivity index (χ1) is 18.0. The molecule has 4 heterocycles. The molecule has 9 atom stereocenters. The molecular formula is C18H26N7O12P. The number of rotatable bonds is 9. The van der Waals surface area contributed by atoms with Crippen LogP contribution in [-0.4, -0.2) is 89.4 Å². The fourth-order valence-corrected chi connectivity index (χ4v) is 5.02. The zero-order valence-corrected chi connectivity index (χ0v) is 20.3. The van der Waals surface area contributed by atoms with Crippen LogP contribution in [0.3, 0.4) is 0 Å². The highest BCUT2D eigenvalue weighted by Crippen LogP contribution is 2.52. The maximum absolute atomic E-state index is 13.1. The monoisotopic (exact) mass is 563 g/mol. The molecule has 0 aromatic carbocycles. The fraction of sp³-hybridized carbons (Fsp3) is 0.556. The molecule has 2 aliphatic rings. The van der Waals surface area contributed by atoms with Gasteiger partial charge in [0, 0.05) is 12.4 Å². The van der Waals surface area contributed by atoms with Gasteiger partial charge in [-0.25, -0.2) is 24.7 Å². The highest BCUT2D eigenvalue weighted by molar-refractivity contribution is 7.48. The minimum atomic E-state index is -4.75. The summed E-state index contributed by atoms with van der Waals surface area (Å²) < 4.78 is 40.5. The third-order valence-electron chi connectivity index (χ3n) is 5.85. The van der Waals surface area contributed by atoms with Gasteiger partial charge in [-0.15, -0.1) is 0 Å². The Kier molecular flexibility index (Phi) is 8.26. The average Bonchev–Trinajstić information content (AvgIpc) is 3.33. The van der Waals surface area contributed by atoms with E-state index in [0.29, 0.717) is 0 Å². The molecule has 10 N–H and O–H groups in total. The number of phosphoric ester groups is 1. The summed E-state index contributed by atoms with van der Waals surface area (Å²) >= 11 is 0. The summed E-state index contributed by atoms with van der Waals surface area (Å²) in [5.41, 5.74) is 9.16. The van der Waals surface area contributed by atoms with E-state index in [2.05, 4.69) is 14.6 Å². The number of hydrogen-bond donors (Lipinski definition) is 7. The van der Waals surface area contributed by atoms with Crippen molar-refractivity contribution < 1.29 is 48.1 Å². The van der Waals surface area contributed by atoms with E-state index in [1.54, 1.807) is 0 Å². The van der Waals surface area contributed by atoms with E-state index in [0.717, 1.165) is 9.13 Å². The number of aliphatic hydroxyl groups is 4. The molecule has 0 spiro atoms. The number of phosphoric acid groups is 1. The molecule has 2 fully saturated rings. The molecule has 19 nitrogen and oxygen atoms in total. The lowest BCUT2D eigenvalue weighted by Gasteiger charge is -2.25. The van der Waals surface area contributed by atoms with Crippen molar-refractivity contribution in [3.8, 4) is 0 Å². The average molecular weight is 563 g/mol. The van der Waals surface area contributed by atoms with Gasteiger partial charge in [-0.2, -0.15) is 9.97 Å². The van der Waals surface area contributed by atoms with E-state index in [-0.39, 0.29) is 11.6 Å². The van der Waals surface area contributed by atoms with Crippen molar-refractivity contribution in [2.24, 2.45) is 5.90 Å². The van der Waals surface area contributed by atoms with E-state index in [4.69, 9.17) is 35.9 Å². The van der Waals surface area contributed by atoms with Crippen LogP contribution in [0, 0.1) is 0 Å². The van der Waals surface area contributed by atoms with E-state index >= 15 is 0 Å². The predicted molar refractivity (Wildman–Crippen MR) is 122 cm³/mol. The molecule has 2 saturated heterocycles. The molecule has 0 bridgehead atoms. The second-order valence-corrected chi connectivity index (χ2v) is 9.86. The summed E-state index contributed by atoms with van der Waals surface area (Å²) in [6, 6.07) is 2.53. The van der Waals surface area contributed by atoms with Gasteiger partial charge in [0.1, 0.15) is 48.3 Å². The van der Waals surface area contributed by atoms with Gasteiger partial charge in [0.05, 0.1) is 13.2 Å². The third kappa shape index (κ3) is 5.48. The minimum absolute atomic E-state index is 0.0728. The number of nitrogens with zero attached hydrogens (tertiary/aromatic N) is 4. The van der Waals surface area contributed by atoms with Gasteiger partial charge in [0.25, 0.3) is 0 Å². The lowest BCUT2D eigenvalue weighted by molar-refractivity contribution is -0.0636. The van der Waals surface area contributed by atoms with Crippen LogP contribution in [0.25, 0.3) is 0 Å². The number of nitrogens with two attached hydrogens (primary N) is 3. The van der Waals surface area contributed by atoms with E-state index in [9.17, 15) is 34.6 Å². The minimum Gasteiger partial charge on any atom is -0.394 e. The third-order valence-corrected chi connectivity index (χ3v) is 7.08. The van der Waals surface area contributed by atoms with Crippen molar-refractivity contribution in [2.75, 3.05) is 24.7 Å². The molecule has 0 amide bonds. The molecule has 20 heteroatoms. The molecular weight excluding hydrogens is 537 g/mol. The standard InChI is InChI=1S/C18H26N7O12P/c19-9-1-3-24(17(30)22-9)15-12(28)11(27)8(35-15)6-33-38(32,37-21)36-14-7(5-26)34-16(13(14)29)25-4-2-10(20)23-18(25)31/h1-4,7-8,11-16,26-29H,5-6,21H2,(H2,19,22,30)(H2,20,23,31)/t7-,8-,11+,12-,13+,14+,15-,16-,38-/m0/s1. The SMILES string of the molecule is NO[P@@](=O)(OC[C@@H]1O[C@H](n2ccc(N)nc2=O)[C@@H](O)[C@@H]1O)O[C@H]1[C@@H](O)[C@@H](n2ccc(N)nc2=O)O[C@H]1CO. The second-order valence-electron chi connectivity index (χ2n) is 8.29. The first-order valence-electron chi connectivity index (χ1n) is 10.9. The Labute approximate surface area is 212 Å². The van der Waals surface area contributed by atoms with Gasteiger partial charge in [0.15, 0.2) is 12.5 Å². The Bertz CT molecular complexity index is 1310. The summed E-state index contributed by atoms with van der Waals surface area (Å²) in [4.78, 5) is 31.3. The second kappa shape index (κ2) is 11.1. The smallest absolute Gasteiger partial charge is 0.394 e. The topological polar surface area (TPSA) is 292 Å². The first kappa shape index (κ1) is 28.2. The van der Waals surface area contributed by atoms with Gasteiger partial charge in [-0.3, -0.25) is 18.2 Å². The number of aliphatic hydroxyl groups excluding tert-OH is 4. The Hall–Kier alpha value is -2.81. The van der Waals surface area contributed by atoms with Crippen LogP contribution < -0.4 is 28.7 Å². The molecule has 2 aromatic rings. The summed E-state index contributed by atoms with van der Waals surface area (Å²) in [5.74, 6) is 4.95. The first-order valence-corrected chi connectivity index (χ1v) is 12.4. The van der Waals surface area contributed by atoms with Crippen molar-refractivity contribution in [1.82, 2.24) is 19.1 Å². The molecule has 210 valence electrons. The van der Waals surface area contributed by atoms with Gasteiger partial charge in [-0.1, -0.05) is 0 Å². The zero-order chi connectivity index (χ0) is 27.8. The maximum Gasteiger partial charge on any atom is 0.491 e. The Morgan fingerprint density at radius 3 is 1.95 bits per heavy atom. The summed E-state index contributed by atoms with van der Waals surface area (Å²) in [6.45, 7) is -1.48. The Morgan fingerprint density at radius 2 is 1.45 bits per heavy atom. The fourth-order valence-electron chi connectivity index (χ4n) is 3.96. The van der Waals surface area contributed by atoms with Crippen LogP contribution in [0.4, 0.5) is 11.6 Å². The number of aromatic nitrogens is 4. The number of ether oxygens (including phenoxy) is 2. The van der Waals surface area contributed by atoms with Crippen LogP contribution in [0.5, 0.6) is 0 Å². The van der Waals surface area contributed by atoms with Crippen molar-refractivity contribution in [3.05, 3.63) is 45.5 Å². The summed E-state index contributed by atoms with van der Waals surface area (Å²) in [5, 5.41) is 41.1. The lowest BCUT2D eigenvalue weighted by atomic mass is 10.1. The van der Waals surface area contributed by atoms with Crippen LogP contribution in [0.1, 0.15) is 12.5 Å². The highest BCUT2D eigenvalue weighted by atomic mass is 31.2. The van der Waals surface area contributed by atoms with Crippen molar-refractivity contribution in [3.63, 3.8) is 0 Å². The van der Waals surface area contributed by atoms with E-state index in [1.807, 2.05) is 0 Å². The highest BCUT2D eigenvalue weighted by Gasteiger charge is 2.51. The van der Waals surface area contributed by atoms with E-state index < -0.39 is 81.5 Å². The van der Waals surface area contributed by atoms with Crippen molar-refractivity contribution in [1.29, 1.82) is 0 Å². The lowest BCUT2D eigenvalue weighted by Crippen LogP contribution is -2.38. The summed E-state index contributed by atoms with van der Waals surface area (Å²) in [7, 11) is -4.75. The Morgan fingerprint density at radius 1 is 0.921 bits per heavy atom. The van der Waals surface area contributed by atoms with E-state index in [1.165, 1.54) is 24.5 Å². The van der Waals surface area contributed by atoms with Crippen LogP contribution >= 0.6 is 7.82 Å². The molecule has 2 aromatic heterocycles. The van der Waals surface area contributed by atoms with Crippen LogP contribution in [0.2, 0.25) is 0 Å². The van der Waals surface area contributed by atoms with Gasteiger partial charge in [-0.05, 0) is 12.1 Å². The van der Waals surface area contributed by atoms with Crippen molar-refractivity contribution >= 4 is 19.5 Å². The number of nitrogen functional groups attached to an aromatic ring is 2. The maximum atomic E-state index is 13.1. The normalized spacial score (nSPS) is 32.9. The Balaban J connectivity index is 1.46. The van der Waals surface area contributed by atoms with Gasteiger partial charge >= 0.3 is 19.2 Å². The zero-order valence-electron chi connectivity index (χ0n) is 19.4. The molecule has 0 unspecified atom stereocenters. The molecule has 38 heavy (non-hydrogen) atoms. The van der Waals surface area contributed by atoms with Crippen molar-refractivity contribution in [2.45, 2.75) is 49.1 Å². The van der Waals surface area contributed by atoms with Crippen LogP contribution in [0.15, 0.2) is 34.1 Å². The molecule has 2 aliphatic heterocycles.